The number of benzene rings is 3. The number of Topliss-reactive ketones (excluding diaryl/α,β-unsaturated/α-hetero) is 1. The molecular weight excluding hydrogens is 398 g/mol. The molecule has 152 valence electrons. The summed E-state index contributed by atoms with van der Waals surface area (Å²) in [6, 6.07) is 22.9. The van der Waals surface area contributed by atoms with E-state index in [0.29, 0.717) is 24.5 Å². The number of ether oxygens (including phenoxy) is 2. The minimum atomic E-state index is -0.0527. The number of carbonyl (C=O) groups is 1. The van der Waals surface area contributed by atoms with Gasteiger partial charge in [-0.05, 0) is 48.9 Å². The van der Waals surface area contributed by atoms with Gasteiger partial charge in [0.1, 0.15) is 18.1 Å². The van der Waals surface area contributed by atoms with Crippen LogP contribution in [0.5, 0.6) is 11.5 Å². The van der Waals surface area contributed by atoms with Crippen molar-refractivity contribution in [1.82, 2.24) is 4.57 Å². The molecule has 4 nitrogen and oxygen atoms in total. The Morgan fingerprint density at radius 2 is 1.70 bits per heavy atom. The van der Waals surface area contributed by atoms with Gasteiger partial charge in [0.25, 0.3) is 0 Å². The molecule has 0 fully saturated rings. The summed E-state index contributed by atoms with van der Waals surface area (Å²) in [4.78, 5) is 12.8. The molecule has 0 spiro atoms. The molecule has 0 bridgehead atoms. The number of para-hydroxylation sites is 2. The van der Waals surface area contributed by atoms with Crippen LogP contribution in [0.2, 0.25) is 5.02 Å². The molecule has 1 aromatic heterocycles. The summed E-state index contributed by atoms with van der Waals surface area (Å²) in [5, 5.41) is 1.64. The van der Waals surface area contributed by atoms with E-state index in [1.807, 2.05) is 90.5 Å². The number of halogens is 1. The third-order valence-corrected chi connectivity index (χ3v) is 5.36. The van der Waals surface area contributed by atoms with E-state index in [2.05, 4.69) is 0 Å². The lowest BCUT2D eigenvalue weighted by atomic mass is 10.1. The van der Waals surface area contributed by atoms with Crippen LogP contribution in [0.4, 0.5) is 0 Å². The molecule has 0 aliphatic rings. The zero-order valence-corrected chi connectivity index (χ0v) is 17.4. The summed E-state index contributed by atoms with van der Waals surface area (Å²) in [7, 11) is 0. The summed E-state index contributed by atoms with van der Waals surface area (Å²) in [6.07, 6.45) is 1.89. The van der Waals surface area contributed by atoms with Crippen LogP contribution >= 0.6 is 11.6 Å². The Labute approximate surface area is 180 Å². The van der Waals surface area contributed by atoms with Crippen molar-refractivity contribution in [1.29, 1.82) is 0 Å². The van der Waals surface area contributed by atoms with E-state index in [-0.39, 0.29) is 12.4 Å². The largest absolute Gasteiger partial charge is 0.492 e. The second kappa shape index (κ2) is 9.06. The van der Waals surface area contributed by atoms with E-state index in [0.717, 1.165) is 27.2 Å². The van der Waals surface area contributed by atoms with Gasteiger partial charge in [-0.25, -0.2) is 0 Å². The van der Waals surface area contributed by atoms with Crippen molar-refractivity contribution in [2.24, 2.45) is 0 Å². The molecule has 0 N–H and O–H groups in total. The maximum absolute atomic E-state index is 12.8. The van der Waals surface area contributed by atoms with E-state index in [1.54, 1.807) is 0 Å². The molecular formula is C25H22ClNO3. The fourth-order valence-electron chi connectivity index (χ4n) is 3.37. The second-order valence-corrected chi connectivity index (χ2v) is 7.44. The van der Waals surface area contributed by atoms with Crippen LogP contribution in [0, 0.1) is 6.92 Å². The number of rotatable bonds is 8. The van der Waals surface area contributed by atoms with Gasteiger partial charge in [-0.2, -0.15) is 0 Å². The average molecular weight is 420 g/mol. The van der Waals surface area contributed by atoms with Gasteiger partial charge in [0.05, 0.1) is 6.54 Å². The van der Waals surface area contributed by atoms with Gasteiger partial charge in [-0.3, -0.25) is 4.79 Å². The zero-order chi connectivity index (χ0) is 20.9. The lowest BCUT2D eigenvalue weighted by Gasteiger charge is -2.09. The van der Waals surface area contributed by atoms with E-state index >= 15 is 0 Å². The third kappa shape index (κ3) is 4.50. The fraction of sp³-hybridized carbons (Fsp3) is 0.160. The number of carbonyl (C=O) groups excluding carboxylic acids is 1. The molecule has 4 rings (SSSR count). The van der Waals surface area contributed by atoms with E-state index in [1.165, 1.54) is 0 Å². The lowest BCUT2D eigenvalue weighted by Crippen LogP contribution is -2.11. The first-order valence-corrected chi connectivity index (χ1v) is 10.2. The SMILES string of the molecule is Cc1cc(OCCn2cc(C(=O)COc3ccccc3)c3ccccc32)ccc1Cl. The van der Waals surface area contributed by atoms with Gasteiger partial charge >= 0.3 is 0 Å². The van der Waals surface area contributed by atoms with Gasteiger partial charge in [-0.1, -0.05) is 48.0 Å². The average Bonchev–Trinajstić information content (AvgIpc) is 3.14. The van der Waals surface area contributed by atoms with Crippen molar-refractivity contribution in [2.45, 2.75) is 13.5 Å². The molecule has 0 saturated carbocycles. The van der Waals surface area contributed by atoms with Crippen molar-refractivity contribution < 1.29 is 14.3 Å². The third-order valence-electron chi connectivity index (χ3n) is 4.93. The highest BCUT2D eigenvalue weighted by Crippen LogP contribution is 2.24. The highest BCUT2D eigenvalue weighted by atomic mass is 35.5. The fourth-order valence-corrected chi connectivity index (χ4v) is 3.48. The maximum atomic E-state index is 12.8. The van der Waals surface area contributed by atoms with Crippen LogP contribution in [0.1, 0.15) is 15.9 Å². The Bertz CT molecular complexity index is 1170. The van der Waals surface area contributed by atoms with Crippen LogP contribution in [-0.2, 0) is 6.54 Å². The van der Waals surface area contributed by atoms with Crippen LogP contribution < -0.4 is 9.47 Å². The monoisotopic (exact) mass is 419 g/mol. The first-order chi connectivity index (χ1) is 14.6. The summed E-state index contributed by atoms with van der Waals surface area (Å²) in [5.41, 5.74) is 2.63. The molecule has 4 aromatic rings. The van der Waals surface area contributed by atoms with Crippen LogP contribution in [-0.4, -0.2) is 23.6 Å². The van der Waals surface area contributed by atoms with Gasteiger partial charge in [-0.15, -0.1) is 0 Å². The molecule has 1 heterocycles. The van der Waals surface area contributed by atoms with E-state index in [4.69, 9.17) is 21.1 Å². The number of nitrogens with zero attached hydrogens (tertiary/aromatic N) is 1. The summed E-state index contributed by atoms with van der Waals surface area (Å²) in [5.74, 6) is 1.41. The summed E-state index contributed by atoms with van der Waals surface area (Å²) in [6.45, 7) is 3.05. The standard InChI is InChI=1S/C25H22ClNO3/c1-18-15-20(11-12-23(18)26)29-14-13-27-16-22(21-9-5-6-10-24(21)27)25(28)17-30-19-7-3-2-4-8-19/h2-12,15-16H,13-14,17H2,1H3. The highest BCUT2D eigenvalue weighted by molar-refractivity contribution is 6.31. The number of hydrogen-bond acceptors (Lipinski definition) is 3. The van der Waals surface area contributed by atoms with Crippen LogP contribution in [0.3, 0.4) is 0 Å². The van der Waals surface area contributed by atoms with Crippen molar-refractivity contribution in [3.63, 3.8) is 0 Å². The Morgan fingerprint density at radius 3 is 2.50 bits per heavy atom. The molecule has 0 aliphatic carbocycles. The normalized spacial score (nSPS) is 10.9. The Morgan fingerprint density at radius 1 is 0.933 bits per heavy atom. The predicted molar refractivity (Wildman–Crippen MR) is 120 cm³/mol. The second-order valence-electron chi connectivity index (χ2n) is 7.04. The molecule has 0 aliphatic heterocycles. The van der Waals surface area contributed by atoms with E-state index in [9.17, 15) is 4.79 Å². The van der Waals surface area contributed by atoms with Crippen molar-refractivity contribution in [3.8, 4) is 11.5 Å². The molecule has 0 amide bonds. The molecule has 5 heteroatoms. The van der Waals surface area contributed by atoms with Gasteiger partial charge in [0.2, 0.25) is 5.78 Å². The zero-order valence-electron chi connectivity index (χ0n) is 16.7. The molecule has 0 saturated heterocycles. The first-order valence-electron chi connectivity index (χ1n) is 9.80. The number of aromatic nitrogens is 1. The number of hydrogen-bond donors (Lipinski definition) is 0. The molecule has 30 heavy (non-hydrogen) atoms. The minimum absolute atomic E-state index is 0.00142. The molecule has 0 unspecified atom stereocenters. The summed E-state index contributed by atoms with van der Waals surface area (Å²) < 4.78 is 13.6. The van der Waals surface area contributed by atoms with Gasteiger partial charge < -0.3 is 14.0 Å². The van der Waals surface area contributed by atoms with Crippen molar-refractivity contribution in [2.75, 3.05) is 13.2 Å². The number of aryl methyl sites for hydroxylation is 1. The van der Waals surface area contributed by atoms with Crippen molar-refractivity contribution >= 4 is 28.3 Å². The smallest absolute Gasteiger partial charge is 0.202 e. The number of fused-ring (bicyclic) bond motifs is 1. The lowest BCUT2D eigenvalue weighted by molar-refractivity contribution is 0.0923. The highest BCUT2D eigenvalue weighted by Gasteiger charge is 2.15. The van der Waals surface area contributed by atoms with Gasteiger partial charge in [0.15, 0.2) is 6.61 Å². The minimum Gasteiger partial charge on any atom is -0.492 e. The Kier molecular flexibility index (Phi) is 6.05. The molecule has 0 radical (unpaired) electrons. The van der Waals surface area contributed by atoms with Crippen molar-refractivity contribution in [3.05, 3.63) is 95.1 Å². The predicted octanol–water partition coefficient (Wildman–Crippen LogP) is 5.94. The number of ketones is 1. The molecule has 0 atom stereocenters. The quantitative estimate of drug-likeness (QED) is 0.331. The first kappa shape index (κ1) is 20.0. The topological polar surface area (TPSA) is 40.5 Å². The van der Waals surface area contributed by atoms with E-state index < -0.39 is 0 Å². The Balaban J connectivity index is 1.47. The Hall–Kier alpha value is -3.24. The maximum Gasteiger partial charge on any atom is 0.202 e. The van der Waals surface area contributed by atoms with Crippen LogP contribution in [0.25, 0.3) is 10.9 Å². The molecule has 3 aromatic carbocycles. The summed E-state index contributed by atoms with van der Waals surface area (Å²) >= 11 is 6.07. The van der Waals surface area contributed by atoms with Gasteiger partial charge in [0, 0.05) is 27.7 Å². The van der Waals surface area contributed by atoms with Crippen LogP contribution in [0.15, 0.2) is 79.0 Å².